The number of carbonyl (C=O) groups is 1. The molecule has 1 aliphatic rings. The van der Waals surface area contributed by atoms with E-state index < -0.39 is 4.92 Å². The third-order valence-electron chi connectivity index (χ3n) is 4.42. The number of aliphatic hydroxyl groups excluding tert-OH is 1. The molecule has 150 valence electrons. The molecule has 1 amide bonds. The van der Waals surface area contributed by atoms with Gasteiger partial charge in [-0.25, -0.2) is 0 Å². The standard InChI is InChI=1S/C20H19N3O5S/c1-13-10-15(23(26)27)6-7-17(13)22-19(25)18(21(2)20(22)29)12-14-4-3-5-16(11-14)28-9-8-24/h3-7,10-12,24H,8-9H2,1-2H3. The molecule has 1 heterocycles. The summed E-state index contributed by atoms with van der Waals surface area (Å²) in [4.78, 5) is 26.5. The van der Waals surface area contributed by atoms with E-state index in [2.05, 4.69) is 0 Å². The van der Waals surface area contributed by atoms with Crippen molar-refractivity contribution in [3.63, 3.8) is 0 Å². The Morgan fingerprint density at radius 2 is 2.03 bits per heavy atom. The Bertz CT molecular complexity index is 1020. The minimum atomic E-state index is -0.482. The lowest BCUT2D eigenvalue weighted by molar-refractivity contribution is -0.384. The number of hydrogen-bond acceptors (Lipinski definition) is 6. The number of nitrogens with zero attached hydrogens (tertiary/aromatic N) is 3. The number of carbonyl (C=O) groups excluding carboxylic acids is 1. The van der Waals surface area contributed by atoms with Gasteiger partial charge in [0.15, 0.2) is 5.11 Å². The van der Waals surface area contributed by atoms with Crippen LogP contribution < -0.4 is 9.64 Å². The molecule has 1 saturated heterocycles. The summed E-state index contributed by atoms with van der Waals surface area (Å²) in [5, 5.41) is 20.1. The zero-order chi connectivity index (χ0) is 21.1. The average molecular weight is 413 g/mol. The number of ether oxygens (including phenoxy) is 1. The number of rotatable bonds is 6. The molecule has 0 saturated carbocycles. The van der Waals surface area contributed by atoms with E-state index in [0.29, 0.717) is 22.7 Å². The molecule has 1 fully saturated rings. The van der Waals surface area contributed by atoms with Crippen LogP contribution >= 0.6 is 12.2 Å². The van der Waals surface area contributed by atoms with Crippen molar-refractivity contribution in [2.24, 2.45) is 0 Å². The third kappa shape index (κ3) is 4.10. The van der Waals surface area contributed by atoms with Gasteiger partial charge in [-0.1, -0.05) is 12.1 Å². The summed E-state index contributed by atoms with van der Waals surface area (Å²) >= 11 is 5.45. The molecule has 0 aliphatic carbocycles. The van der Waals surface area contributed by atoms with Crippen LogP contribution in [0.4, 0.5) is 11.4 Å². The van der Waals surface area contributed by atoms with Crippen molar-refractivity contribution >= 4 is 40.7 Å². The maximum atomic E-state index is 13.1. The van der Waals surface area contributed by atoms with Gasteiger partial charge in [0, 0.05) is 19.2 Å². The number of non-ortho nitro benzene ring substituents is 1. The quantitative estimate of drug-likeness (QED) is 0.337. The second-order valence-corrected chi connectivity index (χ2v) is 6.75. The van der Waals surface area contributed by atoms with E-state index in [-0.39, 0.29) is 29.9 Å². The Hall–Kier alpha value is -3.30. The van der Waals surface area contributed by atoms with Gasteiger partial charge in [0.1, 0.15) is 18.1 Å². The van der Waals surface area contributed by atoms with Crippen LogP contribution in [0.1, 0.15) is 11.1 Å². The van der Waals surface area contributed by atoms with Crippen LogP contribution in [0, 0.1) is 17.0 Å². The SMILES string of the molecule is Cc1cc([N+](=O)[O-])ccc1N1C(=O)C(=Cc2cccc(OCCO)c2)N(C)C1=S. The minimum absolute atomic E-state index is 0.0485. The van der Waals surface area contributed by atoms with E-state index in [1.165, 1.54) is 23.1 Å². The van der Waals surface area contributed by atoms with Gasteiger partial charge < -0.3 is 14.7 Å². The van der Waals surface area contributed by atoms with Gasteiger partial charge in [-0.15, -0.1) is 0 Å². The number of anilines is 1. The first kappa shape index (κ1) is 20.4. The first-order chi connectivity index (χ1) is 13.8. The molecule has 0 radical (unpaired) electrons. The molecular formula is C20H19N3O5S. The van der Waals surface area contributed by atoms with E-state index in [1.807, 2.05) is 6.07 Å². The summed E-state index contributed by atoms with van der Waals surface area (Å²) in [7, 11) is 1.69. The zero-order valence-corrected chi connectivity index (χ0v) is 16.7. The lowest BCUT2D eigenvalue weighted by Crippen LogP contribution is -2.31. The summed E-state index contributed by atoms with van der Waals surface area (Å²) in [6.07, 6.45) is 1.70. The minimum Gasteiger partial charge on any atom is -0.491 e. The lowest BCUT2D eigenvalue weighted by Gasteiger charge is -2.18. The van der Waals surface area contributed by atoms with Crippen molar-refractivity contribution in [2.75, 3.05) is 25.2 Å². The molecule has 0 atom stereocenters. The second-order valence-electron chi connectivity index (χ2n) is 6.38. The zero-order valence-electron chi connectivity index (χ0n) is 15.9. The summed E-state index contributed by atoms with van der Waals surface area (Å²) in [5.74, 6) is 0.253. The number of amides is 1. The fourth-order valence-corrected chi connectivity index (χ4v) is 3.27. The number of likely N-dealkylation sites (N-methyl/N-ethyl adjacent to an activating group) is 1. The fraction of sp³-hybridized carbons (Fsp3) is 0.200. The number of nitro benzene ring substituents is 1. The van der Waals surface area contributed by atoms with Gasteiger partial charge in [0.25, 0.3) is 11.6 Å². The molecule has 2 aromatic rings. The Labute approximate surface area is 172 Å². The van der Waals surface area contributed by atoms with Crippen LogP contribution in [0.25, 0.3) is 6.08 Å². The van der Waals surface area contributed by atoms with Gasteiger partial charge >= 0.3 is 0 Å². The highest BCUT2D eigenvalue weighted by Crippen LogP contribution is 2.32. The van der Waals surface area contributed by atoms with Crippen LogP contribution in [-0.2, 0) is 4.79 Å². The largest absolute Gasteiger partial charge is 0.491 e. The number of nitro groups is 1. The summed E-state index contributed by atoms with van der Waals surface area (Å²) in [6, 6.07) is 11.4. The lowest BCUT2D eigenvalue weighted by atomic mass is 10.1. The molecule has 2 aromatic carbocycles. The molecule has 1 N–H and O–H groups in total. The van der Waals surface area contributed by atoms with Crippen molar-refractivity contribution in [3.8, 4) is 5.75 Å². The predicted octanol–water partition coefficient (Wildman–Crippen LogP) is 2.88. The molecule has 0 spiro atoms. The molecule has 0 aromatic heterocycles. The number of aryl methyl sites for hydroxylation is 1. The van der Waals surface area contributed by atoms with Crippen LogP contribution in [0.2, 0.25) is 0 Å². The maximum Gasteiger partial charge on any atom is 0.281 e. The van der Waals surface area contributed by atoms with Crippen molar-refractivity contribution in [3.05, 3.63) is 69.4 Å². The highest BCUT2D eigenvalue weighted by molar-refractivity contribution is 7.80. The van der Waals surface area contributed by atoms with Crippen LogP contribution in [-0.4, -0.2) is 46.2 Å². The van der Waals surface area contributed by atoms with E-state index >= 15 is 0 Å². The van der Waals surface area contributed by atoms with Gasteiger partial charge in [-0.2, -0.15) is 0 Å². The highest BCUT2D eigenvalue weighted by Gasteiger charge is 2.37. The van der Waals surface area contributed by atoms with Crippen LogP contribution in [0.5, 0.6) is 5.75 Å². The number of hydrogen-bond donors (Lipinski definition) is 1. The van der Waals surface area contributed by atoms with Crippen molar-refractivity contribution < 1.29 is 19.6 Å². The van der Waals surface area contributed by atoms with Crippen molar-refractivity contribution in [1.82, 2.24) is 4.90 Å². The first-order valence-electron chi connectivity index (χ1n) is 8.76. The topological polar surface area (TPSA) is 96.2 Å². The molecule has 29 heavy (non-hydrogen) atoms. The number of thiocarbonyl (C=S) groups is 1. The second kappa shape index (κ2) is 8.38. The van der Waals surface area contributed by atoms with E-state index in [9.17, 15) is 14.9 Å². The smallest absolute Gasteiger partial charge is 0.281 e. The van der Waals surface area contributed by atoms with Gasteiger partial charge in [-0.05, 0) is 54.5 Å². The van der Waals surface area contributed by atoms with Crippen LogP contribution in [0.3, 0.4) is 0 Å². The van der Waals surface area contributed by atoms with Crippen LogP contribution in [0.15, 0.2) is 48.2 Å². The number of aliphatic hydroxyl groups is 1. The monoisotopic (exact) mass is 413 g/mol. The van der Waals surface area contributed by atoms with Crippen molar-refractivity contribution in [2.45, 2.75) is 6.92 Å². The maximum absolute atomic E-state index is 13.1. The fourth-order valence-electron chi connectivity index (χ4n) is 2.99. The van der Waals surface area contributed by atoms with Crippen molar-refractivity contribution in [1.29, 1.82) is 0 Å². The summed E-state index contributed by atoms with van der Waals surface area (Å²) in [6.45, 7) is 1.78. The Morgan fingerprint density at radius 3 is 2.69 bits per heavy atom. The van der Waals surface area contributed by atoms with Gasteiger partial charge in [-0.3, -0.25) is 19.8 Å². The molecule has 0 unspecified atom stereocenters. The van der Waals surface area contributed by atoms with Gasteiger partial charge in [0.05, 0.1) is 17.2 Å². The van der Waals surface area contributed by atoms with Gasteiger partial charge in [0.2, 0.25) is 0 Å². The van der Waals surface area contributed by atoms with E-state index in [1.54, 1.807) is 43.1 Å². The van der Waals surface area contributed by atoms with E-state index in [4.69, 9.17) is 22.1 Å². The highest BCUT2D eigenvalue weighted by atomic mass is 32.1. The molecule has 1 aliphatic heterocycles. The first-order valence-corrected chi connectivity index (χ1v) is 9.17. The molecule has 3 rings (SSSR count). The number of benzene rings is 2. The Morgan fingerprint density at radius 1 is 1.28 bits per heavy atom. The molecule has 0 bridgehead atoms. The average Bonchev–Trinajstić information content (AvgIpc) is 2.90. The molecular weight excluding hydrogens is 394 g/mol. The van der Waals surface area contributed by atoms with E-state index in [0.717, 1.165) is 5.56 Å². The molecule has 9 heteroatoms. The summed E-state index contributed by atoms with van der Waals surface area (Å²) in [5.41, 5.74) is 2.13. The third-order valence-corrected chi connectivity index (χ3v) is 4.87. The summed E-state index contributed by atoms with van der Waals surface area (Å²) < 4.78 is 5.40. The Balaban J connectivity index is 1.94. The Kier molecular flexibility index (Phi) is 5.90. The molecule has 8 nitrogen and oxygen atoms in total. The normalized spacial score (nSPS) is 15.3. The predicted molar refractivity (Wildman–Crippen MR) is 113 cm³/mol.